The largest absolute Gasteiger partial charge is 0.464 e. The number of esters is 2. The molecule has 4 aliphatic rings. The average Bonchev–Trinajstić information content (AvgIpc) is 2.51. The van der Waals surface area contributed by atoms with Crippen LogP contribution in [0.4, 0.5) is 0 Å². The van der Waals surface area contributed by atoms with Crippen molar-refractivity contribution in [3.05, 3.63) is 0 Å². The van der Waals surface area contributed by atoms with Crippen LogP contribution < -0.4 is 5.32 Å². The van der Waals surface area contributed by atoms with E-state index in [1.54, 1.807) is 13.8 Å². The van der Waals surface area contributed by atoms with E-state index in [0.29, 0.717) is 11.8 Å². The van der Waals surface area contributed by atoms with Gasteiger partial charge in [-0.2, -0.15) is 0 Å². The van der Waals surface area contributed by atoms with E-state index in [2.05, 4.69) is 5.32 Å². The summed E-state index contributed by atoms with van der Waals surface area (Å²) in [4.78, 5) is 36.9. The molecule has 0 aromatic heterocycles. The Morgan fingerprint density at radius 3 is 1.75 bits per heavy atom. The molecular weight excluding hydrogens is 310 g/mol. The van der Waals surface area contributed by atoms with Crippen molar-refractivity contribution in [2.24, 2.45) is 29.6 Å². The maximum Gasteiger partial charge on any atom is 0.340 e. The average molecular weight is 337 g/mol. The zero-order valence-corrected chi connectivity index (χ0v) is 14.5. The molecule has 6 heteroatoms. The van der Waals surface area contributed by atoms with Crippen LogP contribution in [0.3, 0.4) is 0 Å². The summed E-state index contributed by atoms with van der Waals surface area (Å²) in [7, 11) is 0. The number of hydrogen-bond acceptors (Lipinski definition) is 5. The molecule has 4 aliphatic carbocycles. The summed E-state index contributed by atoms with van der Waals surface area (Å²) in [6.45, 7) is 3.64. The standard InChI is InChI=1S/C18H27NO5/c1-3-23-17(21)15(18(22)24-4-2)19-16(20)14-12-6-10-5-11(8-12)9-13(14)7-10/h10-15H,3-9H2,1-2H3,(H,19,20). The summed E-state index contributed by atoms with van der Waals surface area (Å²) in [5, 5.41) is 2.63. The van der Waals surface area contributed by atoms with Gasteiger partial charge >= 0.3 is 11.9 Å². The lowest BCUT2D eigenvalue weighted by Gasteiger charge is -2.53. The molecule has 4 rings (SSSR count). The van der Waals surface area contributed by atoms with Crippen molar-refractivity contribution in [3.8, 4) is 0 Å². The van der Waals surface area contributed by atoms with Crippen molar-refractivity contribution in [1.82, 2.24) is 5.32 Å². The molecule has 0 aromatic carbocycles. The molecule has 0 unspecified atom stereocenters. The molecule has 0 saturated heterocycles. The van der Waals surface area contributed by atoms with Crippen LogP contribution in [-0.4, -0.2) is 37.1 Å². The fourth-order valence-corrected chi connectivity index (χ4v) is 5.26. The summed E-state index contributed by atoms with van der Waals surface area (Å²) in [5.41, 5.74) is 0. The Bertz CT molecular complexity index is 472. The minimum Gasteiger partial charge on any atom is -0.464 e. The lowest BCUT2D eigenvalue weighted by Crippen LogP contribution is -2.55. The van der Waals surface area contributed by atoms with E-state index in [1.807, 2.05) is 0 Å². The Kier molecular flexibility index (Phi) is 5.11. The molecule has 0 atom stereocenters. The first-order chi connectivity index (χ1) is 11.5. The lowest BCUT2D eigenvalue weighted by atomic mass is 9.51. The Balaban J connectivity index is 1.68. The van der Waals surface area contributed by atoms with Gasteiger partial charge in [0.25, 0.3) is 0 Å². The number of rotatable bonds is 6. The molecule has 0 heterocycles. The molecule has 134 valence electrons. The van der Waals surface area contributed by atoms with Gasteiger partial charge in [-0.25, -0.2) is 9.59 Å². The number of carbonyl (C=O) groups is 3. The van der Waals surface area contributed by atoms with Crippen LogP contribution in [-0.2, 0) is 23.9 Å². The fourth-order valence-electron chi connectivity index (χ4n) is 5.26. The van der Waals surface area contributed by atoms with E-state index >= 15 is 0 Å². The minimum absolute atomic E-state index is 0.0795. The van der Waals surface area contributed by atoms with Gasteiger partial charge in [-0.3, -0.25) is 4.79 Å². The molecule has 0 spiro atoms. The Morgan fingerprint density at radius 1 is 0.875 bits per heavy atom. The van der Waals surface area contributed by atoms with Gasteiger partial charge in [0.05, 0.1) is 13.2 Å². The van der Waals surface area contributed by atoms with Gasteiger partial charge in [-0.15, -0.1) is 0 Å². The molecule has 0 radical (unpaired) electrons. The maximum absolute atomic E-state index is 12.8. The number of carbonyl (C=O) groups excluding carboxylic acids is 3. The van der Waals surface area contributed by atoms with Crippen LogP contribution in [0.1, 0.15) is 46.0 Å². The molecule has 4 fully saturated rings. The number of ether oxygens (including phenoxy) is 2. The third kappa shape index (κ3) is 3.28. The van der Waals surface area contributed by atoms with E-state index in [9.17, 15) is 14.4 Å². The second-order valence-corrected chi connectivity index (χ2v) is 7.40. The van der Waals surface area contributed by atoms with E-state index < -0.39 is 18.0 Å². The first-order valence-electron chi connectivity index (χ1n) is 9.17. The summed E-state index contributed by atoms with van der Waals surface area (Å²) in [5.74, 6) is 0.572. The highest BCUT2D eigenvalue weighted by atomic mass is 16.6. The second-order valence-electron chi connectivity index (χ2n) is 7.40. The van der Waals surface area contributed by atoms with Crippen LogP contribution >= 0.6 is 0 Å². The van der Waals surface area contributed by atoms with Crippen molar-refractivity contribution in [1.29, 1.82) is 0 Å². The normalized spacial score (nSPS) is 33.4. The molecule has 1 N–H and O–H groups in total. The number of hydrogen-bond donors (Lipinski definition) is 1. The summed E-state index contributed by atoms with van der Waals surface area (Å²) >= 11 is 0. The van der Waals surface area contributed by atoms with Crippen molar-refractivity contribution >= 4 is 17.8 Å². The van der Waals surface area contributed by atoms with Crippen LogP contribution in [0.5, 0.6) is 0 Å². The SMILES string of the molecule is CCOC(=O)C(NC(=O)C1C2CC3CC(C2)CC1C3)C(=O)OCC. The smallest absolute Gasteiger partial charge is 0.340 e. The molecule has 4 bridgehead atoms. The zero-order chi connectivity index (χ0) is 17.3. The molecule has 24 heavy (non-hydrogen) atoms. The van der Waals surface area contributed by atoms with E-state index in [1.165, 1.54) is 6.42 Å². The summed E-state index contributed by atoms with van der Waals surface area (Å²) < 4.78 is 9.85. The summed E-state index contributed by atoms with van der Waals surface area (Å²) in [6, 6.07) is -1.35. The molecule has 0 aliphatic heterocycles. The van der Waals surface area contributed by atoms with Gasteiger partial charge in [0.1, 0.15) is 0 Å². The molecule has 0 aromatic rings. The monoisotopic (exact) mass is 337 g/mol. The van der Waals surface area contributed by atoms with Crippen LogP contribution in [0, 0.1) is 29.6 Å². The highest BCUT2D eigenvalue weighted by molar-refractivity contribution is 6.02. The highest BCUT2D eigenvalue weighted by Gasteiger charge is 2.51. The third-order valence-electron chi connectivity index (χ3n) is 5.86. The van der Waals surface area contributed by atoms with Gasteiger partial charge in [0.2, 0.25) is 11.9 Å². The van der Waals surface area contributed by atoms with Crippen LogP contribution in [0.25, 0.3) is 0 Å². The predicted molar refractivity (Wildman–Crippen MR) is 85.7 cm³/mol. The van der Waals surface area contributed by atoms with Crippen molar-refractivity contribution in [2.45, 2.75) is 52.0 Å². The zero-order valence-electron chi connectivity index (χ0n) is 14.5. The minimum atomic E-state index is -1.35. The molecule has 1 amide bonds. The molecular formula is C18H27NO5. The van der Waals surface area contributed by atoms with Crippen molar-refractivity contribution < 1.29 is 23.9 Å². The van der Waals surface area contributed by atoms with E-state index in [4.69, 9.17) is 9.47 Å². The third-order valence-corrected chi connectivity index (χ3v) is 5.86. The lowest BCUT2D eigenvalue weighted by molar-refractivity contribution is -0.161. The van der Waals surface area contributed by atoms with Crippen molar-refractivity contribution in [2.75, 3.05) is 13.2 Å². The first-order valence-corrected chi connectivity index (χ1v) is 9.17. The molecule has 4 saturated carbocycles. The number of amides is 1. The summed E-state index contributed by atoms with van der Waals surface area (Å²) in [6.07, 6.45) is 5.74. The predicted octanol–water partition coefficient (Wildman–Crippen LogP) is 1.67. The van der Waals surface area contributed by atoms with Crippen LogP contribution in [0.15, 0.2) is 0 Å². The van der Waals surface area contributed by atoms with Gasteiger partial charge in [-0.1, -0.05) is 0 Å². The second kappa shape index (κ2) is 7.11. The highest BCUT2D eigenvalue weighted by Crippen LogP contribution is 2.56. The Labute approximate surface area is 142 Å². The first kappa shape index (κ1) is 17.2. The fraction of sp³-hybridized carbons (Fsp3) is 0.833. The van der Waals surface area contributed by atoms with Gasteiger partial charge in [0, 0.05) is 5.92 Å². The number of nitrogens with one attached hydrogen (secondary N) is 1. The van der Waals surface area contributed by atoms with E-state index in [0.717, 1.165) is 37.5 Å². The molecule has 6 nitrogen and oxygen atoms in total. The van der Waals surface area contributed by atoms with Crippen molar-refractivity contribution in [3.63, 3.8) is 0 Å². The Morgan fingerprint density at radius 2 is 1.33 bits per heavy atom. The Hall–Kier alpha value is -1.59. The van der Waals surface area contributed by atoms with Gasteiger partial charge in [-0.05, 0) is 69.6 Å². The quantitative estimate of drug-likeness (QED) is 0.589. The van der Waals surface area contributed by atoms with Crippen LogP contribution in [0.2, 0.25) is 0 Å². The topological polar surface area (TPSA) is 81.7 Å². The van der Waals surface area contributed by atoms with E-state index in [-0.39, 0.29) is 25.0 Å². The van der Waals surface area contributed by atoms with Gasteiger partial charge in [0.15, 0.2) is 0 Å². The maximum atomic E-state index is 12.8. The van der Waals surface area contributed by atoms with Gasteiger partial charge < -0.3 is 14.8 Å².